The van der Waals surface area contributed by atoms with Gasteiger partial charge in [-0.1, -0.05) is 18.2 Å². The molecule has 100 valence electrons. The molecule has 0 bridgehead atoms. The standard InChI is InChI=1S/C16H20N2O/c1-12(2)19-16-10-5-4-9-15(16)18(3)14-8-6-7-13(17)11-14/h4-12H,17H2,1-3H3. The summed E-state index contributed by atoms with van der Waals surface area (Å²) in [4.78, 5) is 2.08. The van der Waals surface area contributed by atoms with E-state index in [9.17, 15) is 0 Å². The highest BCUT2D eigenvalue weighted by molar-refractivity contribution is 5.70. The van der Waals surface area contributed by atoms with Crippen molar-refractivity contribution in [2.24, 2.45) is 0 Å². The molecule has 0 saturated heterocycles. The molecule has 2 rings (SSSR count). The second kappa shape index (κ2) is 5.65. The average molecular weight is 256 g/mol. The fourth-order valence-electron chi connectivity index (χ4n) is 1.96. The van der Waals surface area contributed by atoms with E-state index in [-0.39, 0.29) is 6.10 Å². The molecule has 0 aliphatic carbocycles. The average Bonchev–Trinajstić information content (AvgIpc) is 2.38. The van der Waals surface area contributed by atoms with Gasteiger partial charge in [0, 0.05) is 18.4 Å². The van der Waals surface area contributed by atoms with Crippen LogP contribution in [0.4, 0.5) is 17.1 Å². The maximum Gasteiger partial charge on any atom is 0.143 e. The number of nitrogen functional groups attached to an aromatic ring is 1. The Morgan fingerprint density at radius 1 is 1.05 bits per heavy atom. The van der Waals surface area contributed by atoms with Gasteiger partial charge in [-0.05, 0) is 44.2 Å². The van der Waals surface area contributed by atoms with E-state index in [1.807, 2.05) is 69.4 Å². The number of anilines is 3. The third kappa shape index (κ3) is 3.19. The number of benzene rings is 2. The third-order valence-corrected chi connectivity index (χ3v) is 2.85. The third-order valence-electron chi connectivity index (χ3n) is 2.85. The van der Waals surface area contributed by atoms with E-state index >= 15 is 0 Å². The summed E-state index contributed by atoms with van der Waals surface area (Å²) in [5, 5.41) is 0. The molecule has 3 nitrogen and oxygen atoms in total. The normalized spacial score (nSPS) is 10.5. The van der Waals surface area contributed by atoms with Gasteiger partial charge < -0.3 is 15.4 Å². The summed E-state index contributed by atoms with van der Waals surface area (Å²) in [7, 11) is 2.01. The second-order valence-corrected chi connectivity index (χ2v) is 4.79. The highest BCUT2D eigenvalue weighted by atomic mass is 16.5. The van der Waals surface area contributed by atoms with E-state index in [2.05, 4.69) is 4.90 Å². The molecule has 0 aliphatic rings. The summed E-state index contributed by atoms with van der Waals surface area (Å²) in [6.45, 7) is 4.05. The van der Waals surface area contributed by atoms with Crippen LogP contribution in [-0.4, -0.2) is 13.2 Å². The van der Waals surface area contributed by atoms with Crippen molar-refractivity contribution in [1.82, 2.24) is 0 Å². The molecule has 0 aliphatic heterocycles. The van der Waals surface area contributed by atoms with Crippen molar-refractivity contribution in [3.63, 3.8) is 0 Å². The summed E-state index contributed by atoms with van der Waals surface area (Å²) in [6, 6.07) is 15.8. The Bertz CT molecular complexity index is 552. The van der Waals surface area contributed by atoms with Crippen LogP contribution < -0.4 is 15.4 Å². The minimum atomic E-state index is 0.149. The molecule has 0 heterocycles. The van der Waals surface area contributed by atoms with Gasteiger partial charge in [-0.2, -0.15) is 0 Å². The van der Waals surface area contributed by atoms with Crippen LogP contribution in [0, 0.1) is 0 Å². The van der Waals surface area contributed by atoms with E-state index in [0.717, 1.165) is 22.8 Å². The van der Waals surface area contributed by atoms with E-state index < -0.39 is 0 Å². The Hall–Kier alpha value is -2.16. The molecule has 2 aromatic rings. The Labute approximate surface area is 114 Å². The molecule has 0 radical (unpaired) electrons. The predicted molar refractivity (Wildman–Crippen MR) is 81.1 cm³/mol. The van der Waals surface area contributed by atoms with Crippen LogP contribution >= 0.6 is 0 Å². The molecule has 0 amide bonds. The summed E-state index contributed by atoms with van der Waals surface area (Å²) in [5.74, 6) is 0.877. The molecule has 0 fully saturated rings. The molecule has 0 spiro atoms. The van der Waals surface area contributed by atoms with Crippen molar-refractivity contribution in [3.05, 3.63) is 48.5 Å². The smallest absolute Gasteiger partial charge is 0.143 e. The second-order valence-electron chi connectivity index (χ2n) is 4.79. The summed E-state index contributed by atoms with van der Waals surface area (Å²) < 4.78 is 5.85. The van der Waals surface area contributed by atoms with Crippen LogP contribution in [-0.2, 0) is 0 Å². The van der Waals surface area contributed by atoms with Crippen LogP contribution in [0.15, 0.2) is 48.5 Å². The van der Waals surface area contributed by atoms with Crippen LogP contribution in [0.1, 0.15) is 13.8 Å². The lowest BCUT2D eigenvalue weighted by Crippen LogP contribution is -2.13. The lowest BCUT2D eigenvalue weighted by molar-refractivity contribution is 0.243. The van der Waals surface area contributed by atoms with Gasteiger partial charge in [-0.3, -0.25) is 0 Å². The number of ether oxygens (including phenoxy) is 1. The zero-order chi connectivity index (χ0) is 13.8. The molecule has 3 heteroatoms. The van der Waals surface area contributed by atoms with Crippen LogP contribution in [0.3, 0.4) is 0 Å². The molecule has 0 saturated carbocycles. The van der Waals surface area contributed by atoms with Gasteiger partial charge in [-0.15, -0.1) is 0 Å². The first kappa shape index (κ1) is 13.3. The maximum atomic E-state index is 5.85. The van der Waals surface area contributed by atoms with Gasteiger partial charge in [0.15, 0.2) is 0 Å². The van der Waals surface area contributed by atoms with Crippen molar-refractivity contribution in [1.29, 1.82) is 0 Å². The fraction of sp³-hybridized carbons (Fsp3) is 0.250. The van der Waals surface area contributed by atoms with Gasteiger partial charge in [0.1, 0.15) is 5.75 Å². The van der Waals surface area contributed by atoms with Crippen LogP contribution in [0.25, 0.3) is 0 Å². The Kier molecular flexibility index (Phi) is 3.95. The largest absolute Gasteiger partial charge is 0.489 e. The lowest BCUT2D eigenvalue weighted by atomic mass is 10.2. The Morgan fingerprint density at radius 3 is 2.47 bits per heavy atom. The topological polar surface area (TPSA) is 38.5 Å². The zero-order valence-electron chi connectivity index (χ0n) is 11.6. The predicted octanol–water partition coefficient (Wildman–Crippen LogP) is 3.82. The number of hydrogen-bond donors (Lipinski definition) is 1. The highest BCUT2D eigenvalue weighted by Gasteiger charge is 2.11. The molecule has 0 atom stereocenters. The van der Waals surface area contributed by atoms with E-state index in [0.29, 0.717) is 0 Å². The zero-order valence-corrected chi connectivity index (χ0v) is 11.6. The van der Waals surface area contributed by atoms with Gasteiger partial charge in [0.2, 0.25) is 0 Å². The van der Waals surface area contributed by atoms with E-state index in [1.165, 1.54) is 0 Å². The number of nitrogens with zero attached hydrogens (tertiary/aromatic N) is 1. The van der Waals surface area contributed by atoms with Gasteiger partial charge in [-0.25, -0.2) is 0 Å². The van der Waals surface area contributed by atoms with Crippen molar-refractivity contribution in [2.75, 3.05) is 17.7 Å². The quantitative estimate of drug-likeness (QED) is 0.845. The van der Waals surface area contributed by atoms with Crippen LogP contribution in [0.2, 0.25) is 0 Å². The van der Waals surface area contributed by atoms with Crippen molar-refractivity contribution in [3.8, 4) is 5.75 Å². The maximum absolute atomic E-state index is 5.85. The molecule has 19 heavy (non-hydrogen) atoms. The summed E-state index contributed by atoms with van der Waals surface area (Å²) in [5.41, 5.74) is 8.66. The minimum absolute atomic E-state index is 0.149. The molecule has 0 aromatic heterocycles. The summed E-state index contributed by atoms with van der Waals surface area (Å²) >= 11 is 0. The van der Waals surface area contributed by atoms with Gasteiger partial charge in [0.05, 0.1) is 11.8 Å². The number of nitrogens with two attached hydrogens (primary N) is 1. The lowest BCUT2D eigenvalue weighted by Gasteiger charge is -2.23. The van der Waals surface area contributed by atoms with Gasteiger partial charge >= 0.3 is 0 Å². The first-order chi connectivity index (χ1) is 9.08. The molecular formula is C16H20N2O. The van der Waals surface area contributed by atoms with Gasteiger partial charge in [0.25, 0.3) is 0 Å². The van der Waals surface area contributed by atoms with Crippen LogP contribution in [0.5, 0.6) is 5.75 Å². The molecule has 2 aromatic carbocycles. The Morgan fingerprint density at radius 2 is 1.79 bits per heavy atom. The summed E-state index contributed by atoms with van der Waals surface area (Å²) in [6.07, 6.45) is 0.149. The van der Waals surface area contributed by atoms with E-state index in [1.54, 1.807) is 0 Å². The van der Waals surface area contributed by atoms with E-state index in [4.69, 9.17) is 10.5 Å². The van der Waals surface area contributed by atoms with Crippen molar-refractivity contribution in [2.45, 2.75) is 20.0 Å². The molecular weight excluding hydrogens is 236 g/mol. The highest BCUT2D eigenvalue weighted by Crippen LogP contribution is 2.33. The van der Waals surface area contributed by atoms with Crippen molar-refractivity contribution < 1.29 is 4.74 Å². The monoisotopic (exact) mass is 256 g/mol. The number of hydrogen-bond acceptors (Lipinski definition) is 3. The first-order valence-corrected chi connectivity index (χ1v) is 6.43. The Balaban J connectivity index is 2.35. The minimum Gasteiger partial charge on any atom is -0.489 e. The molecule has 2 N–H and O–H groups in total. The fourth-order valence-corrected chi connectivity index (χ4v) is 1.96. The first-order valence-electron chi connectivity index (χ1n) is 6.43. The molecule has 0 unspecified atom stereocenters. The number of rotatable bonds is 4. The van der Waals surface area contributed by atoms with Crippen molar-refractivity contribution >= 4 is 17.1 Å². The number of para-hydroxylation sites is 2. The SMILES string of the molecule is CC(C)Oc1ccccc1N(C)c1cccc(N)c1.